The van der Waals surface area contributed by atoms with Crippen LogP contribution < -0.4 is 5.32 Å². The molecule has 0 aliphatic carbocycles. The summed E-state index contributed by atoms with van der Waals surface area (Å²) in [7, 11) is 0. The Morgan fingerprint density at radius 3 is 2.88 bits per heavy atom. The highest BCUT2D eigenvalue weighted by molar-refractivity contribution is 6.31. The first-order valence-electron chi connectivity index (χ1n) is 5.80. The molecule has 0 spiro atoms. The molecule has 1 aliphatic heterocycles. The molecule has 0 radical (unpaired) electrons. The van der Waals surface area contributed by atoms with Crippen molar-refractivity contribution in [2.75, 3.05) is 11.9 Å². The molecule has 2 unspecified atom stereocenters. The summed E-state index contributed by atoms with van der Waals surface area (Å²) in [6.45, 7) is 5.00. The first-order chi connectivity index (χ1) is 7.65. The predicted molar refractivity (Wildman–Crippen MR) is 68.2 cm³/mol. The standard InChI is InChI=1S/C13H18ClNO/c1-9-3-5-11(7-13(9)14)15-8-12-6-4-10(2)16-12/h3,5,7,10,12,15H,4,6,8H2,1-2H3. The molecule has 1 saturated heterocycles. The highest BCUT2D eigenvalue weighted by atomic mass is 35.5. The molecule has 1 N–H and O–H groups in total. The number of aryl methyl sites for hydroxylation is 1. The van der Waals surface area contributed by atoms with Gasteiger partial charge < -0.3 is 10.1 Å². The molecule has 0 amide bonds. The lowest BCUT2D eigenvalue weighted by molar-refractivity contribution is 0.0637. The average Bonchev–Trinajstić information content (AvgIpc) is 2.66. The van der Waals surface area contributed by atoms with Gasteiger partial charge in [0.25, 0.3) is 0 Å². The lowest BCUT2D eigenvalue weighted by Crippen LogP contribution is -2.19. The van der Waals surface area contributed by atoms with Gasteiger partial charge in [-0.2, -0.15) is 0 Å². The lowest BCUT2D eigenvalue weighted by atomic mass is 10.2. The van der Waals surface area contributed by atoms with E-state index < -0.39 is 0 Å². The summed E-state index contributed by atoms with van der Waals surface area (Å²) in [6, 6.07) is 6.05. The first kappa shape index (κ1) is 11.7. The summed E-state index contributed by atoms with van der Waals surface area (Å²) >= 11 is 6.06. The van der Waals surface area contributed by atoms with Gasteiger partial charge in [-0.1, -0.05) is 17.7 Å². The number of anilines is 1. The second-order valence-electron chi connectivity index (χ2n) is 4.49. The Bertz CT molecular complexity index is 367. The molecule has 16 heavy (non-hydrogen) atoms. The second kappa shape index (κ2) is 5.07. The van der Waals surface area contributed by atoms with Crippen LogP contribution in [0.15, 0.2) is 18.2 Å². The van der Waals surface area contributed by atoms with E-state index in [1.807, 2.05) is 19.1 Å². The van der Waals surface area contributed by atoms with Crippen molar-refractivity contribution in [3.05, 3.63) is 28.8 Å². The molecule has 1 aliphatic rings. The summed E-state index contributed by atoms with van der Waals surface area (Å²) in [5.74, 6) is 0. The average molecular weight is 240 g/mol. The van der Waals surface area contributed by atoms with Gasteiger partial charge in [-0.15, -0.1) is 0 Å². The highest BCUT2D eigenvalue weighted by Crippen LogP contribution is 2.22. The number of nitrogens with one attached hydrogen (secondary N) is 1. The van der Waals surface area contributed by atoms with Crippen LogP contribution in [0.5, 0.6) is 0 Å². The smallest absolute Gasteiger partial charge is 0.0751 e. The van der Waals surface area contributed by atoms with Gasteiger partial charge in [0.05, 0.1) is 12.2 Å². The van der Waals surface area contributed by atoms with Gasteiger partial charge in [0.1, 0.15) is 0 Å². The van der Waals surface area contributed by atoms with E-state index in [0.29, 0.717) is 12.2 Å². The Labute approximate surface area is 102 Å². The van der Waals surface area contributed by atoms with Crippen LogP contribution >= 0.6 is 11.6 Å². The Balaban J connectivity index is 1.87. The van der Waals surface area contributed by atoms with Gasteiger partial charge in [-0.25, -0.2) is 0 Å². The second-order valence-corrected chi connectivity index (χ2v) is 4.90. The Hall–Kier alpha value is -0.730. The monoisotopic (exact) mass is 239 g/mol. The van der Waals surface area contributed by atoms with Gasteiger partial charge in [0.15, 0.2) is 0 Å². The Morgan fingerprint density at radius 2 is 2.25 bits per heavy atom. The van der Waals surface area contributed by atoms with E-state index in [4.69, 9.17) is 16.3 Å². The minimum absolute atomic E-state index is 0.343. The fourth-order valence-corrected chi connectivity index (χ4v) is 2.15. The number of rotatable bonds is 3. The number of hydrogen-bond donors (Lipinski definition) is 1. The zero-order chi connectivity index (χ0) is 11.5. The summed E-state index contributed by atoms with van der Waals surface area (Å²) in [4.78, 5) is 0. The van der Waals surface area contributed by atoms with Crippen molar-refractivity contribution in [3.63, 3.8) is 0 Å². The van der Waals surface area contributed by atoms with E-state index in [0.717, 1.165) is 29.2 Å². The fourth-order valence-electron chi connectivity index (χ4n) is 1.97. The Morgan fingerprint density at radius 1 is 1.44 bits per heavy atom. The maximum Gasteiger partial charge on any atom is 0.0751 e. The number of hydrogen-bond acceptors (Lipinski definition) is 2. The minimum Gasteiger partial charge on any atom is -0.382 e. The molecule has 0 bridgehead atoms. The van der Waals surface area contributed by atoms with Crippen LogP contribution in [0, 0.1) is 6.92 Å². The summed E-state index contributed by atoms with van der Waals surface area (Å²) in [6.07, 6.45) is 3.07. The third kappa shape index (κ3) is 2.89. The van der Waals surface area contributed by atoms with E-state index in [2.05, 4.69) is 18.3 Å². The largest absolute Gasteiger partial charge is 0.382 e. The van der Waals surface area contributed by atoms with E-state index in [9.17, 15) is 0 Å². The zero-order valence-electron chi connectivity index (χ0n) is 9.79. The molecule has 88 valence electrons. The van der Waals surface area contributed by atoms with Crippen molar-refractivity contribution in [1.29, 1.82) is 0 Å². The summed E-state index contributed by atoms with van der Waals surface area (Å²) < 4.78 is 5.74. The van der Waals surface area contributed by atoms with Crippen LogP contribution in [0.4, 0.5) is 5.69 Å². The molecule has 1 heterocycles. The van der Waals surface area contributed by atoms with Crippen LogP contribution in [0.1, 0.15) is 25.3 Å². The molecule has 0 saturated carbocycles. The van der Waals surface area contributed by atoms with Crippen LogP contribution in [0.25, 0.3) is 0 Å². The highest BCUT2D eigenvalue weighted by Gasteiger charge is 2.21. The van der Waals surface area contributed by atoms with Crippen molar-refractivity contribution < 1.29 is 4.74 Å². The van der Waals surface area contributed by atoms with E-state index in [-0.39, 0.29) is 0 Å². The van der Waals surface area contributed by atoms with Crippen LogP contribution in [-0.2, 0) is 4.74 Å². The molecular formula is C13H18ClNO. The Kier molecular flexibility index (Phi) is 3.72. The van der Waals surface area contributed by atoms with Crippen LogP contribution in [0.2, 0.25) is 5.02 Å². The molecule has 1 aromatic carbocycles. The predicted octanol–water partition coefficient (Wildman–Crippen LogP) is 3.63. The maximum atomic E-state index is 6.06. The van der Waals surface area contributed by atoms with Crippen molar-refractivity contribution in [2.45, 2.75) is 38.9 Å². The van der Waals surface area contributed by atoms with Gasteiger partial charge in [0.2, 0.25) is 0 Å². The van der Waals surface area contributed by atoms with Gasteiger partial charge in [-0.3, -0.25) is 0 Å². The molecule has 2 rings (SSSR count). The minimum atomic E-state index is 0.343. The van der Waals surface area contributed by atoms with Crippen molar-refractivity contribution in [3.8, 4) is 0 Å². The quantitative estimate of drug-likeness (QED) is 0.870. The van der Waals surface area contributed by atoms with Crippen molar-refractivity contribution in [1.82, 2.24) is 0 Å². The lowest BCUT2D eigenvalue weighted by Gasteiger charge is -2.13. The maximum absolute atomic E-state index is 6.06. The number of benzene rings is 1. The van der Waals surface area contributed by atoms with Crippen LogP contribution in [-0.4, -0.2) is 18.8 Å². The summed E-state index contributed by atoms with van der Waals surface area (Å²) in [5, 5.41) is 4.18. The molecule has 1 aromatic rings. The van der Waals surface area contributed by atoms with Gasteiger partial charge >= 0.3 is 0 Å². The van der Waals surface area contributed by atoms with E-state index in [1.165, 1.54) is 6.42 Å². The normalized spacial score (nSPS) is 24.7. The SMILES string of the molecule is Cc1ccc(NCC2CCC(C)O2)cc1Cl. The number of halogens is 1. The molecule has 1 fully saturated rings. The molecular weight excluding hydrogens is 222 g/mol. The van der Waals surface area contributed by atoms with E-state index in [1.54, 1.807) is 0 Å². The van der Waals surface area contributed by atoms with Gasteiger partial charge in [-0.05, 0) is 44.4 Å². The van der Waals surface area contributed by atoms with E-state index >= 15 is 0 Å². The van der Waals surface area contributed by atoms with Gasteiger partial charge in [0, 0.05) is 17.3 Å². The number of ether oxygens (including phenoxy) is 1. The third-order valence-corrected chi connectivity index (χ3v) is 3.43. The zero-order valence-corrected chi connectivity index (χ0v) is 10.6. The van der Waals surface area contributed by atoms with Crippen LogP contribution in [0.3, 0.4) is 0 Å². The van der Waals surface area contributed by atoms with Crippen molar-refractivity contribution in [2.24, 2.45) is 0 Å². The third-order valence-electron chi connectivity index (χ3n) is 3.03. The van der Waals surface area contributed by atoms with Crippen molar-refractivity contribution >= 4 is 17.3 Å². The molecule has 0 aromatic heterocycles. The topological polar surface area (TPSA) is 21.3 Å². The fraction of sp³-hybridized carbons (Fsp3) is 0.538. The molecule has 2 nitrogen and oxygen atoms in total. The first-order valence-corrected chi connectivity index (χ1v) is 6.18. The summed E-state index contributed by atoms with van der Waals surface area (Å²) in [5.41, 5.74) is 2.18. The molecule has 3 heteroatoms. The molecule has 2 atom stereocenters.